The Morgan fingerprint density at radius 3 is 2.22 bits per heavy atom. The van der Waals surface area contributed by atoms with Crippen LogP contribution in [0.25, 0.3) is 0 Å². The Kier molecular flexibility index (Phi) is 4.71. The third-order valence-corrected chi connectivity index (χ3v) is 3.98. The summed E-state index contributed by atoms with van der Waals surface area (Å²) >= 11 is 0. The summed E-state index contributed by atoms with van der Waals surface area (Å²) in [5.74, 6) is -0.464. The van der Waals surface area contributed by atoms with Crippen molar-refractivity contribution in [2.75, 3.05) is 11.4 Å². The van der Waals surface area contributed by atoms with E-state index in [4.69, 9.17) is 0 Å². The lowest BCUT2D eigenvalue weighted by Gasteiger charge is -2.27. The molecule has 1 aliphatic heterocycles. The van der Waals surface area contributed by atoms with Crippen molar-refractivity contribution in [1.29, 1.82) is 0 Å². The minimum atomic E-state index is -4.85. The van der Waals surface area contributed by atoms with Crippen LogP contribution in [-0.2, 0) is 6.18 Å². The molecule has 0 saturated carbocycles. The summed E-state index contributed by atoms with van der Waals surface area (Å²) in [4.78, 5) is 1.57. The zero-order valence-corrected chi connectivity index (χ0v) is 13.6. The molecule has 0 radical (unpaired) electrons. The molecule has 2 aromatic rings. The summed E-state index contributed by atoms with van der Waals surface area (Å²) in [5, 5.41) is 9.86. The van der Waals surface area contributed by atoms with Crippen molar-refractivity contribution < 1.29 is 36.2 Å². The van der Waals surface area contributed by atoms with Gasteiger partial charge in [-0.25, -0.2) is 0 Å². The molecule has 1 aliphatic rings. The minimum absolute atomic E-state index is 0.0143. The Morgan fingerprint density at radius 2 is 1.63 bits per heavy atom. The van der Waals surface area contributed by atoms with E-state index >= 15 is 0 Å². The second kappa shape index (κ2) is 6.71. The molecule has 1 N–H and O–H groups in total. The molecule has 0 unspecified atom stereocenters. The number of hydrogen-bond acceptors (Lipinski definition) is 3. The van der Waals surface area contributed by atoms with Gasteiger partial charge in [-0.3, -0.25) is 0 Å². The number of benzene rings is 2. The number of rotatable bonds is 3. The Bertz CT molecular complexity index is 842. The molecule has 9 heteroatoms. The summed E-state index contributed by atoms with van der Waals surface area (Å²) < 4.78 is 79.3. The first-order valence-electron chi connectivity index (χ1n) is 7.72. The molecule has 1 atom stereocenters. The first-order chi connectivity index (χ1) is 12.5. The van der Waals surface area contributed by atoms with Crippen molar-refractivity contribution in [3.05, 3.63) is 71.5 Å². The van der Waals surface area contributed by atoms with Gasteiger partial charge in [-0.2, -0.15) is 13.2 Å². The average molecular weight is 389 g/mol. The summed E-state index contributed by atoms with van der Waals surface area (Å²) in [6.45, 7) is 0.0143. The number of aliphatic hydroxyl groups excluding tert-OH is 1. The molecule has 3 nitrogen and oxygen atoms in total. The highest BCUT2D eigenvalue weighted by Gasteiger charge is 2.33. The van der Waals surface area contributed by atoms with Crippen LogP contribution in [0.15, 0.2) is 60.4 Å². The molecule has 0 saturated heterocycles. The predicted octanol–water partition coefficient (Wildman–Crippen LogP) is 5.61. The van der Waals surface area contributed by atoms with Crippen molar-refractivity contribution in [3.8, 4) is 5.75 Å². The molecule has 1 heterocycles. The zero-order chi connectivity index (χ0) is 19.8. The van der Waals surface area contributed by atoms with Crippen LogP contribution in [0.4, 0.5) is 32.0 Å². The van der Waals surface area contributed by atoms with Crippen LogP contribution in [0, 0.1) is 0 Å². The summed E-state index contributed by atoms with van der Waals surface area (Å²) in [7, 11) is 0. The molecule has 0 bridgehead atoms. The summed E-state index contributed by atoms with van der Waals surface area (Å²) in [6, 6.07) is 8.87. The van der Waals surface area contributed by atoms with Crippen LogP contribution in [-0.4, -0.2) is 18.0 Å². The van der Waals surface area contributed by atoms with Crippen LogP contribution in [0.5, 0.6) is 5.75 Å². The molecule has 0 spiro atoms. The molecule has 27 heavy (non-hydrogen) atoms. The van der Waals surface area contributed by atoms with E-state index in [0.717, 1.165) is 18.2 Å². The van der Waals surface area contributed by atoms with E-state index < -0.39 is 29.9 Å². The molecule has 0 aliphatic carbocycles. The van der Waals surface area contributed by atoms with E-state index in [1.807, 2.05) is 0 Å². The molecule has 0 aromatic heterocycles. The van der Waals surface area contributed by atoms with Gasteiger partial charge in [0, 0.05) is 5.69 Å². The largest absolute Gasteiger partial charge is 0.573 e. The van der Waals surface area contributed by atoms with Gasteiger partial charge in [0.15, 0.2) is 0 Å². The zero-order valence-electron chi connectivity index (χ0n) is 13.6. The SMILES string of the molecule is OC1=C[C@H](c2cccc(OC(F)(F)F)c2)N(c2ccc(C(F)(F)F)cc2)C1. The van der Waals surface area contributed by atoms with Crippen molar-refractivity contribution >= 4 is 5.69 Å². The predicted molar refractivity (Wildman–Crippen MR) is 85.4 cm³/mol. The maximum absolute atomic E-state index is 12.7. The maximum Gasteiger partial charge on any atom is 0.573 e. The van der Waals surface area contributed by atoms with Gasteiger partial charge in [-0.1, -0.05) is 12.1 Å². The minimum Gasteiger partial charge on any atom is -0.511 e. The quantitative estimate of drug-likeness (QED) is 0.693. The molecule has 2 aromatic carbocycles. The van der Waals surface area contributed by atoms with Gasteiger partial charge < -0.3 is 14.7 Å². The van der Waals surface area contributed by atoms with E-state index in [0.29, 0.717) is 11.3 Å². The maximum atomic E-state index is 12.7. The molecule has 0 amide bonds. The number of alkyl halides is 6. The Balaban J connectivity index is 1.89. The van der Waals surface area contributed by atoms with E-state index in [-0.39, 0.29) is 12.3 Å². The van der Waals surface area contributed by atoms with Gasteiger partial charge in [0.25, 0.3) is 0 Å². The second-order valence-electron chi connectivity index (χ2n) is 5.90. The van der Waals surface area contributed by atoms with E-state index in [2.05, 4.69) is 4.74 Å². The fourth-order valence-electron chi connectivity index (χ4n) is 2.86. The molecule has 144 valence electrons. The van der Waals surface area contributed by atoms with Crippen molar-refractivity contribution in [2.45, 2.75) is 18.6 Å². The van der Waals surface area contributed by atoms with Gasteiger partial charge in [-0.05, 0) is 48.0 Å². The smallest absolute Gasteiger partial charge is 0.511 e. The van der Waals surface area contributed by atoms with Crippen LogP contribution in [0.2, 0.25) is 0 Å². The monoisotopic (exact) mass is 389 g/mol. The number of nitrogens with zero attached hydrogens (tertiary/aromatic N) is 1. The van der Waals surface area contributed by atoms with Gasteiger partial charge >= 0.3 is 12.5 Å². The number of halogens is 6. The third-order valence-electron chi connectivity index (χ3n) is 3.98. The lowest BCUT2D eigenvalue weighted by Crippen LogP contribution is -2.24. The van der Waals surface area contributed by atoms with Crippen molar-refractivity contribution in [3.63, 3.8) is 0 Å². The fourth-order valence-corrected chi connectivity index (χ4v) is 2.86. The van der Waals surface area contributed by atoms with Crippen molar-refractivity contribution in [1.82, 2.24) is 0 Å². The molecule has 3 rings (SSSR count). The topological polar surface area (TPSA) is 32.7 Å². The van der Waals surface area contributed by atoms with Crippen molar-refractivity contribution in [2.24, 2.45) is 0 Å². The van der Waals surface area contributed by atoms with E-state index in [9.17, 15) is 31.4 Å². The Hall–Kier alpha value is -2.84. The molecule has 0 fully saturated rings. The highest BCUT2D eigenvalue weighted by Crippen LogP contribution is 2.37. The Labute approximate surface area is 150 Å². The third kappa shape index (κ3) is 4.47. The number of hydrogen-bond donors (Lipinski definition) is 1. The number of anilines is 1. The van der Waals surface area contributed by atoms with E-state index in [1.54, 1.807) is 11.0 Å². The van der Waals surface area contributed by atoms with Crippen LogP contribution < -0.4 is 9.64 Å². The highest BCUT2D eigenvalue weighted by atomic mass is 19.4. The normalized spacial score (nSPS) is 17.8. The Morgan fingerprint density at radius 1 is 0.963 bits per heavy atom. The standard InChI is InChI=1S/C18H13F6NO2/c19-17(20,21)12-4-6-13(7-5-12)25-10-14(26)9-16(25)11-2-1-3-15(8-11)27-18(22,23)24/h1-9,16,26H,10H2/t16-/m1/s1. The summed E-state index contributed by atoms with van der Waals surface area (Å²) in [5.41, 5.74) is -0.0455. The van der Waals surface area contributed by atoms with Crippen LogP contribution >= 0.6 is 0 Å². The fraction of sp³-hybridized carbons (Fsp3) is 0.222. The lowest BCUT2D eigenvalue weighted by molar-refractivity contribution is -0.274. The van der Waals surface area contributed by atoms with E-state index in [1.165, 1.54) is 30.3 Å². The average Bonchev–Trinajstić information content (AvgIpc) is 2.95. The summed E-state index contributed by atoms with van der Waals surface area (Å²) in [6.07, 6.45) is -7.91. The van der Waals surface area contributed by atoms with Gasteiger partial charge in [0.05, 0.1) is 18.2 Å². The number of ether oxygens (including phenoxy) is 1. The number of aliphatic hydroxyl groups is 1. The van der Waals surface area contributed by atoms with Crippen LogP contribution in [0.3, 0.4) is 0 Å². The molecular weight excluding hydrogens is 376 g/mol. The first kappa shape index (κ1) is 18.9. The van der Waals surface area contributed by atoms with Gasteiger partial charge in [0.1, 0.15) is 11.5 Å². The first-order valence-corrected chi connectivity index (χ1v) is 7.72. The van der Waals surface area contributed by atoms with Gasteiger partial charge in [0.2, 0.25) is 0 Å². The highest BCUT2D eigenvalue weighted by molar-refractivity contribution is 5.55. The van der Waals surface area contributed by atoms with Crippen LogP contribution in [0.1, 0.15) is 17.2 Å². The van der Waals surface area contributed by atoms with Gasteiger partial charge in [-0.15, -0.1) is 13.2 Å². The second-order valence-corrected chi connectivity index (χ2v) is 5.90. The molecular formula is C18H13F6NO2. The lowest BCUT2D eigenvalue weighted by atomic mass is 10.1.